The Labute approximate surface area is 137 Å². The largest absolute Gasteiger partial charge is 0.462 e. The Morgan fingerprint density at radius 1 is 0.909 bits per heavy atom. The van der Waals surface area contributed by atoms with Crippen molar-refractivity contribution in [1.29, 1.82) is 0 Å². The van der Waals surface area contributed by atoms with E-state index >= 15 is 0 Å². The number of carbonyl (C=O) groups excluding carboxylic acids is 1. The molecular formula is C19H36O3. The van der Waals surface area contributed by atoms with Crippen molar-refractivity contribution in [2.45, 2.75) is 103 Å². The average Bonchev–Trinajstić information content (AvgIpc) is 2.52. The van der Waals surface area contributed by atoms with Crippen LogP contribution in [0.3, 0.4) is 0 Å². The van der Waals surface area contributed by atoms with Gasteiger partial charge in [0.05, 0.1) is 6.61 Å². The van der Waals surface area contributed by atoms with Crippen LogP contribution in [0.5, 0.6) is 0 Å². The summed E-state index contributed by atoms with van der Waals surface area (Å²) in [4.78, 5) is 11.9. The lowest BCUT2D eigenvalue weighted by Gasteiger charge is -2.19. The van der Waals surface area contributed by atoms with Crippen LogP contribution in [0.1, 0.15) is 96.8 Å². The van der Waals surface area contributed by atoms with Crippen LogP contribution >= 0.6 is 0 Å². The fourth-order valence-electron chi connectivity index (χ4n) is 2.98. The van der Waals surface area contributed by atoms with Gasteiger partial charge in [0, 0.05) is 19.4 Å². The van der Waals surface area contributed by atoms with Crippen molar-refractivity contribution < 1.29 is 14.3 Å². The highest BCUT2D eigenvalue weighted by Gasteiger charge is 2.15. The van der Waals surface area contributed by atoms with Crippen LogP contribution in [-0.2, 0) is 14.3 Å². The van der Waals surface area contributed by atoms with Gasteiger partial charge in [0.1, 0.15) is 6.10 Å². The molecule has 0 aromatic rings. The molecule has 3 heteroatoms. The summed E-state index contributed by atoms with van der Waals surface area (Å²) in [6.45, 7) is 3.83. The minimum absolute atomic E-state index is 0.00406. The maximum absolute atomic E-state index is 11.9. The lowest BCUT2D eigenvalue weighted by Crippen LogP contribution is -2.21. The number of hydrogen-bond donors (Lipinski definition) is 0. The van der Waals surface area contributed by atoms with E-state index < -0.39 is 0 Å². The van der Waals surface area contributed by atoms with Gasteiger partial charge in [-0.15, -0.1) is 0 Å². The topological polar surface area (TPSA) is 35.5 Å². The molecule has 1 aliphatic heterocycles. The fourth-order valence-corrected chi connectivity index (χ4v) is 2.98. The molecule has 1 rings (SSSR count). The molecule has 1 unspecified atom stereocenters. The smallest absolute Gasteiger partial charge is 0.306 e. The minimum Gasteiger partial charge on any atom is -0.462 e. The lowest BCUT2D eigenvalue weighted by atomic mass is 10.1. The second-order valence-corrected chi connectivity index (χ2v) is 6.59. The van der Waals surface area contributed by atoms with E-state index in [4.69, 9.17) is 9.47 Å². The zero-order valence-corrected chi connectivity index (χ0v) is 14.6. The van der Waals surface area contributed by atoms with Gasteiger partial charge in [0.25, 0.3) is 0 Å². The van der Waals surface area contributed by atoms with E-state index in [1.54, 1.807) is 0 Å². The summed E-state index contributed by atoms with van der Waals surface area (Å²) < 4.78 is 11.2. The van der Waals surface area contributed by atoms with Gasteiger partial charge in [-0.05, 0) is 25.7 Å². The number of rotatable bonds is 9. The highest BCUT2D eigenvalue weighted by Crippen LogP contribution is 2.15. The Morgan fingerprint density at radius 3 is 2.45 bits per heavy atom. The molecule has 1 fully saturated rings. The maximum Gasteiger partial charge on any atom is 0.306 e. The predicted molar refractivity (Wildman–Crippen MR) is 91.0 cm³/mol. The van der Waals surface area contributed by atoms with E-state index in [2.05, 4.69) is 6.92 Å². The van der Waals surface area contributed by atoms with Crippen molar-refractivity contribution >= 4 is 5.97 Å². The number of hydrogen-bond acceptors (Lipinski definition) is 3. The molecule has 0 aromatic carbocycles. The number of esters is 1. The summed E-state index contributed by atoms with van der Waals surface area (Å²) in [6.07, 6.45) is 16.0. The van der Waals surface area contributed by atoms with Crippen molar-refractivity contribution in [3.05, 3.63) is 0 Å². The van der Waals surface area contributed by atoms with E-state index in [1.165, 1.54) is 57.8 Å². The van der Waals surface area contributed by atoms with Crippen molar-refractivity contribution in [3.63, 3.8) is 0 Å². The van der Waals surface area contributed by atoms with Crippen LogP contribution < -0.4 is 0 Å². The van der Waals surface area contributed by atoms with E-state index in [1.807, 2.05) is 0 Å². The van der Waals surface area contributed by atoms with Gasteiger partial charge in [-0.3, -0.25) is 4.79 Å². The zero-order valence-electron chi connectivity index (χ0n) is 14.6. The fraction of sp³-hybridized carbons (Fsp3) is 0.947. The first-order valence-electron chi connectivity index (χ1n) is 9.60. The third-order valence-electron chi connectivity index (χ3n) is 4.43. The summed E-state index contributed by atoms with van der Waals surface area (Å²) in [6, 6.07) is 0. The summed E-state index contributed by atoms with van der Waals surface area (Å²) in [7, 11) is 0. The molecule has 0 bridgehead atoms. The first kappa shape index (κ1) is 19.5. The SMILES string of the molecule is CCCCCCCCCC(=O)OC1CCCCCCOCC1. The molecule has 0 amide bonds. The van der Waals surface area contributed by atoms with Gasteiger partial charge in [0.15, 0.2) is 0 Å². The van der Waals surface area contributed by atoms with Crippen molar-refractivity contribution in [2.75, 3.05) is 13.2 Å². The number of ether oxygens (including phenoxy) is 2. The molecular weight excluding hydrogens is 276 g/mol. The molecule has 1 heterocycles. The summed E-state index contributed by atoms with van der Waals surface area (Å²) in [5, 5.41) is 0. The van der Waals surface area contributed by atoms with Crippen molar-refractivity contribution in [1.82, 2.24) is 0 Å². The minimum atomic E-state index is -0.00406. The standard InChI is InChI=1S/C19H36O3/c1-2-3-4-5-6-7-11-14-19(20)22-18-13-10-8-9-12-16-21-17-15-18/h18H,2-17H2,1H3. The molecule has 1 saturated heterocycles. The highest BCUT2D eigenvalue weighted by molar-refractivity contribution is 5.69. The second-order valence-electron chi connectivity index (χ2n) is 6.59. The predicted octanol–water partition coefficient (Wildman–Crippen LogP) is 5.41. The summed E-state index contributed by atoms with van der Waals surface area (Å²) in [5.41, 5.74) is 0. The van der Waals surface area contributed by atoms with E-state index in [0.717, 1.165) is 38.9 Å². The van der Waals surface area contributed by atoms with Crippen LogP contribution in [0.4, 0.5) is 0 Å². The van der Waals surface area contributed by atoms with Crippen molar-refractivity contribution in [3.8, 4) is 0 Å². The third-order valence-corrected chi connectivity index (χ3v) is 4.43. The van der Waals surface area contributed by atoms with E-state index in [0.29, 0.717) is 6.42 Å². The van der Waals surface area contributed by atoms with Gasteiger partial charge >= 0.3 is 5.97 Å². The van der Waals surface area contributed by atoms with Gasteiger partial charge in [-0.1, -0.05) is 58.3 Å². The summed E-state index contributed by atoms with van der Waals surface area (Å²) in [5.74, 6) is -0.00406. The normalized spacial score (nSPS) is 20.5. The Hall–Kier alpha value is -0.570. The zero-order chi connectivity index (χ0) is 15.9. The molecule has 0 spiro atoms. The molecule has 0 saturated carbocycles. The molecule has 130 valence electrons. The molecule has 22 heavy (non-hydrogen) atoms. The molecule has 1 aliphatic rings. The third kappa shape index (κ3) is 11.1. The van der Waals surface area contributed by atoms with E-state index in [-0.39, 0.29) is 12.1 Å². The monoisotopic (exact) mass is 312 g/mol. The lowest BCUT2D eigenvalue weighted by molar-refractivity contribution is -0.150. The van der Waals surface area contributed by atoms with Gasteiger partial charge in [-0.2, -0.15) is 0 Å². The van der Waals surface area contributed by atoms with Crippen LogP contribution in [-0.4, -0.2) is 25.3 Å². The van der Waals surface area contributed by atoms with Crippen LogP contribution in [0, 0.1) is 0 Å². The van der Waals surface area contributed by atoms with Crippen LogP contribution in [0.25, 0.3) is 0 Å². The first-order chi connectivity index (χ1) is 10.8. The van der Waals surface area contributed by atoms with Crippen LogP contribution in [0.15, 0.2) is 0 Å². The van der Waals surface area contributed by atoms with Gasteiger partial charge < -0.3 is 9.47 Å². The Bertz CT molecular complexity index is 255. The molecule has 0 aromatic heterocycles. The van der Waals surface area contributed by atoms with E-state index in [9.17, 15) is 4.79 Å². The molecule has 0 radical (unpaired) electrons. The Balaban J connectivity index is 2.05. The molecule has 1 atom stereocenters. The number of carbonyl (C=O) groups is 1. The van der Waals surface area contributed by atoms with Crippen LogP contribution in [0.2, 0.25) is 0 Å². The maximum atomic E-state index is 11.9. The highest BCUT2D eigenvalue weighted by atomic mass is 16.5. The number of unbranched alkanes of at least 4 members (excludes halogenated alkanes) is 6. The molecule has 0 aliphatic carbocycles. The first-order valence-corrected chi connectivity index (χ1v) is 9.60. The Kier molecular flexibility index (Phi) is 12.4. The van der Waals surface area contributed by atoms with Gasteiger partial charge in [-0.25, -0.2) is 0 Å². The Morgan fingerprint density at radius 2 is 1.64 bits per heavy atom. The molecule has 0 N–H and O–H groups in total. The molecule has 3 nitrogen and oxygen atoms in total. The quantitative estimate of drug-likeness (QED) is 0.422. The summed E-state index contributed by atoms with van der Waals surface area (Å²) >= 11 is 0. The van der Waals surface area contributed by atoms with Crippen molar-refractivity contribution in [2.24, 2.45) is 0 Å². The van der Waals surface area contributed by atoms with Gasteiger partial charge in [0.2, 0.25) is 0 Å². The average molecular weight is 312 g/mol. The second kappa shape index (κ2) is 14.0.